The highest BCUT2D eigenvalue weighted by Crippen LogP contribution is 2.27. The number of nitrogens with zero attached hydrogens (tertiary/aromatic N) is 2. The first-order valence-electron chi connectivity index (χ1n) is 5.78. The second-order valence-corrected chi connectivity index (χ2v) is 4.28. The second kappa shape index (κ2) is 5.69. The molecule has 0 spiro atoms. The van der Waals surface area contributed by atoms with Crippen molar-refractivity contribution in [3.63, 3.8) is 0 Å². The summed E-state index contributed by atoms with van der Waals surface area (Å²) in [5, 5.41) is 6.98. The van der Waals surface area contributed by atoms with Crippen LogP contribution in [0.15, 0.2) is 30.6 Å². The zero-order chi connectivity index (χ0) is 13.0. The molecule has 0 aliphatic heterocycles. The van der Waals surface area contributed by atoms with Crippen LogP contribution in [0.4, 0.5) is 17.3 Å². The summed E-state index contributed by atoms with van der Waals surface area (Å²) in [4.78, 5) is 8.52. The van der Waals surface area contributed by atoms with Crippen molar-refractivity contribution in [2.24, 2.45) is 0 Å². The predicted octanol–water partition coefficient (Wildman–Crippen LogP) is 3.61. The van der Waals surface area contributed by atoms with Gasteiger partial charge in [0.1, 0.15) is 5.82 Å². The minimum absolute atomic E-state index is 0.671. The second-order valence-electron chi connectivity index (χ2n) is 3.88. The number of hydrogen-bond donors (Lipinski definition) is 2. The SMILES string of the molecule is CCNc1cncc(Nc2c(C)cccc2Cl)n1. The van der Waals surface area contributed by atoms with E-state index < -0.39 is 0 Å². The van der Waals surface area contributed by atoms with Crippen LogP contribution < -0.4 is 10.6 Å². The van der Waals surface area contributed by atoms with Crippen LogP contribution in [0, 0.1) is 6.92 Å². The van der Waals surface area contributed by atoms with Crippen LogP contribution in [0.25, 0.3) is 0 Å². The lowest BCUT2D eigenvalue weighted by Crippen LogP contribution is -2.03. The Balaban J connectivity index is 2.26. The molecular weight excluding hydrogens is 248 g/mol. The first-order valence-corrected chi connectivity index (χ1v) is 6.16. The molecule has 5 heteroatoms. The van der Waals surface area contributed by atoms with E-state index in [0.717, 1.165) is 23.6 Å². The van der Waals surface area contributed by atoms with Crippen LogP contribution in [-0.4, -0.2) is 16.5 Å². The number of para-hydroxylation sites is 1. The zero-order valence-corrected chi connectivity index (χ0v) is 11.1. The summed E-state index contributed by atoms with van der Waals surface area (Å²) in [6.07, 6.45) is 3.36. The molecule has 2 rings (SSSR count). The van der Waals surface area contributed by atoms with Gasteiger partial charge in [-0.3, -0.25) is 4.98 Å². The average molecular weight is 263 g/mol. The van der Waals surface area contributed by atoms with Gasteiger partial charge in [0.15, 0.2) is 5.82 Å². The highest BCUT2D eigenvalue weighted by Gasteiger charge is 2.05. The smallest absolute Gasteiger partial charge is 0.151 e. The van der Waals surface area contributed by atoms with Gasteiger partial charge in [0.05, 0.1) is 23.1 Å². The van der Waals surface area contributed by atoms with Gasteiger partial charge in [0.25, 0.3) is 0 Å². The molecule has 0 fully saturated rings. The fourth-order valence-corrected chi connectivity index (χ4v) is 1.88. The van der Waals surface area contributed by atoms with E-state index in [1.807, 2.05) is 32.0 Å². The summed E-state index contributed by atoms with van der Waals surface area (Å²) in [7, 11) is 0. The van der Waals surface area contributed by atoms with E-state index in [4.69, 9.17) is 11.6 Å². The third-order valence-corrected chi connectivity index (χ3v) is 2.78. The van der Waals surface area contributed by atoms with Crippen molar-refractivity contribution in [2.75, 3.05) is 17.2 Å². The first-order chi connectivity index (χ1) is 8.70. The van der Waals surface area contributed by atoms with Crippen LogP contribution in [0.3, 0.4) is 0 Å². The Morgan fingerprint density at radius 2 is 2.00 bits per heavy atom. The summed E-state index contributed by atoms with van der Waals surface area (Å²) in [6, 6.07) is 5.76. The van der Waals surface area contributed by atoms with Crippen molar-refractivity contribution in [2.45, 2.75) is 13.8 Å². The highest BCUT2D eigenvalue weighted by molar-refractivity contribution is 6.33. The lowest BCUT2D eigenvalue weighted by Gasteiger charge is -2.11. The summed E-state index contributed by atoms with van der Waals surface area (Å²) in [5.74, 6) is 1.41. The predicted molar refractivity (Wildman–Crippen MR) is 75.7 cm³/mol. The summed E-state index contributed by atoms with van der Waals surface area (Å²) in [6.45, 7) is 4.82. The maximum Gasteiger partial charge on any atom is 0.151 e. The molecule has 2 N–H and O–H groups in total. The van der Waals surface area contributed by atoms with Crippen molar-refractivity contribution in [3.05, 3.63) is 41.2 Å². The Labute approximate surface area is 111 Å². The quantitative estimate of drug-likeness (QED) is 0.884. The number of anilines is 3. The van der Waals surface area contributed by atoms with E-state index in [0.29, 0.717) is 10.8 Å². The topological polar surface area (TPSA) is 49.8 Å². The van der Waals surface area contributed by atoms with Gasteiger partial charge in [0, 0.05) is 6.54 Å². The Morgan fingerprint density at radius 3 is 2.72 bits per heavy atom. The zero-order valence-electron chi connectivity index (χ0n) is 10.4. The number of aryl methyl sites for hydroxylation is 1. The van der Waals surface area contributed by atoms with E-state index in [9.17, 15) is 0 Å². The van der Waals surface area contributed by atoms with Crippen LogP contribution in [0.1, 0.15) is 12.5 Å². The number of halogens is 1. The average Bonchev–Trinajstić information content (AvgIpc) is 2.35. The number of benzene rings is 1. The maximum atomic E-state index is 6.15. The van der Waals surface area contributed by atoms with Crippen molar-refractivity contribution in [1.82, 2.24) is 9.97 Å². The molecular formula is C13H15ClN4. The summed E-state index contributed by atoms with van der Waals surface area (Å²) < 4.78 is 0. The highest BCUT2D eigenvalue weighted by atomic mass is 35.5. The molecule has 0 amide bonds. The minimum Gasteiger partial charge on any atom is -0.369 e. The molecule has 1 aromatic heterocycles. The maximum absolute atomic E-state index is 6.15. The number of aromatic nitrogens is 2. The Hall–Kier alpha value is -1.81. The van der Waals surface area contributed by atoms with Crippen LogP contribution in [0.2, 0.25) is 5.02 Å². The number of hydrogen-bond acceptors (Lipinski definition) is 4. The monoisotopic (exact) mass is 262 g/mol. The van der Waals surface area contributed by atoms with Gasteiger partial charge >= 0.3 is 0 Å². The van der Waals surface area contributed by atoms with E-state index in [1.54, 1.807) is 12.4 Å². The molecule has 0 aliphatic carbocycles. The van der Waals surface area contributed by atoms with Gasteiger partial charge in [-0.2, -0.15) is 0 Å². The van der Waals surface area contributed by atoms with Crippen LogP contribution in [0.5, 0.6) is 0 Å². The van der Waals surface area contributed by atoms with Crippen molar-refractivity contribution in [3.8, 4) is 0 Å². The Bertz CT molecular complexity index is 522. The molecule has 0 radical (unpaired) electrons. The van der Waals surface area contributed by atoms with E-state index in [1.165, 1.54) is 0 Å². The van der Waals surface area contributed by atoms with Gasteiger partial charge in [-0.25, -0.2) is 4.98 Å². The minimum atomic E-state index is 0.671. The molecule has 94 valence electrons. The van der Waals surface area contributed by atoms with E-state index in [-0.39, 0.29) is 0 Å². The third kappa shape index (κ3) is 2.90. The summed E-state index contributed by atoms with van der Waals surface area (Å²) in [5.41, 5.74) is 1.93. The lowest BCUT2D eigenvalue weighted by molar-refractivity contribution is 1.12. The molecule has 0 atom stereocenters. The molecule has 1 heterocycles. The van der Waals surface area contributed by atoms with Gasteiger partial charge in [-0.05, 0) is 25.5 Å². The molecule has 0 bridgehead atoms. The van der Waals surface area contributed by atoms with Crippen molar-refractivity contribution < 1.29 is 0 Å². The van der Waals surface area contributed by atoms with Crippen molar-refractivity contribution >= 4 is 28.9 Å². The molecule has 0 saturated heterocycles. The molecule has 0 aliphatic rings. The molecule has 1 aromatic carbocycles. The van der Waals surface area contributed by atoms with Gasteiger partial charge < -0.3 is 10.6 Å². The molecule has 0 saturated carbocycles. The lowest BCUT2D eigenvalue weighted by atomic mass is 10.2. The van der Waals surface area contributed by atoms with Gasteiger partial charge in [0.2, 0.25) is 0 Å². The summed E-state index contributed by atoms with van der Waals surface area (Å²) >= 11 is 6.15. The van der Waals surface area contributed by atoms with E-state index >= 15 is 0 Å². The molecule has 4 nitrogen and oxygen atoms in total. The van der Waals surface area contributed by atoms with Crippen molar-refractivity contribution in [1.29, 1.82) is 0 Å². The molecule has 2 aromatic rings. The van der Waals surface area contributed by atoms with Gasteiger partial charge in [-0.1, -0.05) is 23.7 Å². The molecule has 0 unspecified atom stereocenters. The standard InChI is InChI=1S/C13H15ClN4/c1-3-16-11-7-15-8-12(17-11)18-13-9(2)5-4-6-10(13)14/h4-8H,3H2,1-2H3,(H2,16,17,18). The third-order valence-electron chi connectivity index (χ3n) is 2.47. The number of rotatable bonds is 4. The molecule has 18 heavy (non-hydrogen) atoms. The normalized spacial score (nSPS) is 10.2. The van der Waals surface area contributed by atoms with Gasteiger partial charge in [-0.15, -0.1) is 0 Å². The largest absolute Gasteiger partial charge is 0.369 e. The fourth-order valence-electron chi connectivity index (χ4n) is 1.61. The van der Waals surface area contributed by atoms with Crippen LogP contribution >= 0.6 is 11.6 Å². The fraction of sp³-hybridized carbons (Fsp3) is 0.231. The van der Waals surface area contributed by atoms with E-state index in [2.05, 4.69) is 20.6 Å². The Kier molecular flexibility index (Phi) is 3.99. The Morgan fingerprint density at radius 1 is 1.22 bits per heavy atom. The number of nitrogens with one attached hydrogen (secondary N) is 2. The first kappa shape index (κ1) is 12.6. The van der Waals surface area contributed by atoms with Crippen LogP contribution in [-0.2, 0) is 0 Å².